The van der Waals surface area contributed by atoms with E-state index in [0.717, 1.165) is 5.56 Å². The summed E-state index contributed by atoms with van der Waals surface area (Å²) in [5.74, 6) is -0.215. The molecule has 0 aliphatic carbocycles. The summed E-state index contributed by atoms with van der Waals surface area (Å²) in [5.41, 5.74) is 1.04. The second kappa shape index (κ2) is 8.19. The summed E-state index contributed by atoms with van der Waals surface area (Å²) in [6, 6.07) is 6.63. The second-order valence-corrected chi connectivity index (χ2v) is 4.02. The van der Waals surface area contributed by atoms with E-state index in [9.17, 15) is 4.39 Å². The van der Waals surface area contributed by atoms with E-state index in [0.29, 0.717) is 19.8 Å². The molecule has 0 spiro atoms. The maximum Gasteiger partial charge on any atom is 0.169 e. The van der Waals surface area contributed by atoms with Gasteiger partial charge in [0.25, 0.3) is 0 Å². The molecule has 0 saturated carbocycles. The van der Waals surface area contributed by atoms with E-state index < -0.39 is 0 Å². The SMILES string of the molecule is CCOC(CNC(C)c1ccc(F)cc1)OCC. The van der Waals surface area contributed by atoms with Gasteiger partial charge in [-0.25, -0.2) is 4.39 Å². The van der Waals surface area contributed by atoms with E-state index in [2.05, 4.69) is 5.32 Å². The summed E-state index contributed by atoms with van der Waals surface area (Å²) >= 11 is 0. The Hall–Kier alpha value is -0.970. The third-order valence-electron chi connectivity index (χ3n) is 2.67. The Morgan fingerprint density at radius 1 is 1.11 bits per heavy atom. The lowest BCUT2D eigenvalue weighted by atomic mass is 10.1. The van der Waals surface area contributed by atoms with E-state index >= 15 is 0 Å². The fraction of sp³-hybridized carbons (Fsp3) is 0.571. The number of hydrogen-bond donors (Lipinski definition) is 1. The summed E-state index contributed by atoms with van der Waals surface area (Å²) < 4.78 is 23.7. The van der Waals surface area contributed by atoms with Gasteiger partial charge in [0.2, 0.25) is 0 Å². The quantitative estimate of drug-likeness (QED) is 0.725. The van der Waals surface area contributed by atoms with Gasteiger partial charge >= 0.3 is 0 Å². The first-order valence-electron chi connectivity index (χ1n) is 6.39. The lowest BCUT2D eigenvalue weighted by molar-refractivity contribution is -0.133. The highest BCUT2D eigenvalue weighted by Crippen LogP contribution is 2.12. The highest BCUT2D eigenvalue weighted by atomic mass is 19.1. The average Bonchev–Trinajstić information content (AvgIpc) is 2.37. The van der Waals surface area contributed by atoms with Crippen LogP contribution in [0.3, 0.4) is 0 Å². The molecule has 0 aliphatic heterocycles. The molecule has 0 heterocycles. The molecule has 0 radical (unpaired) electrons. The summed E-state index contributed by atoms with van der Waals surface area (Å²) in [7, 11) is 0. The Morgan fingerprint density at radius 3 is 2.17 bits per heavy atom. The molecule has 18 heavy (non-hydrogen) atoms. The van der Waals surface area contributed by atoms with Crippen LogP contribution in [-0.4, -0.2) is 26.0 Å². The highest BCUT2D eigenvalue weighted by molar-refractivity contribution is 5.19. The van der Waals surface area contributed by atoms with Crippen LogP contribution in [0.15, 0.2) is 24.3 Å². The van der Waals surface area contributed by atoms with Crippen molar-refractivity contribution in [2.45, 2.75) is 33.1 Å². The van der Waals surface area contributed by atoms with Gasteiger partial charge in [-0.15, -0.1) is 0 Å². The molecule has 1 unspecified atom stereocenters. The molecular formula is C14H22FNO2. The zero-order chi connectivity index (χ0) is 13.4. The zero-order valence-electron chi connectivity index (χ0n) is 11.3. The molecule has 1 aromatic rings. The predicted molar refractivity (Wildman–Crippen MR) is 69.9 cm³/mol. The van der Waals surface area contributed by atoms with Crippen LogP contribution in [0.1, 0.15) is 32.4 Å². The molecule has 4 heteroatoms. The van der Waals surface area contributed by atoms with Crippen LogP contribution in [0.4, 0.5) is 4.39 Å². The normalized spacial score (nSPS) is 12.9. The Labute approximate surface area is 108 Å². The van der Waals surface area contributed by atoms with Crippen molar-refractivity contribution in [1.82, 2.24) is 5.32 Å². The Balaban J connectivity index is 2.43. The monoisotopic (exact) mass is 255 g/mol. The molecule has 0 saturated heterocycles. The number of benzene rings is 1. The van der Waals surface area contributed by atoms with Crippen molar-refractivity contribution < 1.29 is 13.9 Å². The molecule has 1 rings (SSSR count). The third-order valence-corrected chi connectivity index (χ3v) is 2.67. The van der Waals surface area contributed by atoms with Crippen molar-refractivity contribution in [1.29, 1.82) is 0 Å². The minimum Gasteiger partial charge on any atom is -0.352 e. The van der Waals surface area contributed by atoms with Crippen LogP contribution in [0.2, 0.25) is 0 Å². The molecule has 102 valence electrons. The lowest BCUT2D eigenvalue weighted by Crippen LogP contribution is -2.33. The first-order chi connectivity index (χ1) is 8.67. The van der Waals surface area contributed by atoms with Gasteiger partial charge in [0, 0.05) is 25.8 Å². The first-order valence-corrected chi connectivity index (χ1v) is 6.39. The molecule has 1 atom stereocenters. The molecule has 1 aromatic carbocycles. The molecule has 0 bridgehead atoms. The zero-order valence-corrected chi connectivity index (χ0v) is 11.3. The second-order valence-electron chi connectivity index (χ2n) is 4.02. The van der Waals surface area contributed by atoms with Crippen LogP contribution in [0, 0.1) is 5.82 Å². The predicted octanol–water partition coefficient (Wildman–Crippen LogP) is 2.88. The van der Waals surface area contributed by atoms with Crippen molar-refractivity contribution in [3.05, 3.63) is 35.6 Å². The maximum atomic E-state index is 12.8. The number of nitrogens with one attached hydrogen (secondary N) is 1. The molecule has 0 fully saturated rings. The summed E-state index contributed by atoms with van der Waals surface area (Å²) in [6.07, 6.45) is -0.233. The lowest BCUT2D eigenvalue weighted by Gasteiger charge is -2.21. The van der Waals surface area contributed by atoms with Gasteiger partial charge < -0.3 is 14.8 Å². The fourth-order valence-corrected chi connectivity index (χ4v) is 1.68. The van der Waals surface area contributed by atoms with Crippen molar-refractivity contribution >= 4 is 0 Å². The molecule has 0 amide bonds. The van der Waals surface area contributed by atoms with Crippen molar-refractivity contribution in [2.75, 3.05) is 19.8 Å². The minimum atomic E-state index is -0.233. The van der Waals surface area contributed by atoms with Crippen LogP contribution < -0.4 is 5.32 Å². The first kappa shape index (κ1) is 15.1. The van der Waals surface area contributed by atoms with E-state index in [4.69, 9.17) is 9.47 Å². The third kappa shape index (κ3) is 5.12. The fourth-order valence-electron chi connectivity index (χ4n) is 1.68. The van der Waals surface area contributed by atoms with Gasteiger partial charge in [0.15, 0.2) is 6.29 Å². The Bertz CT molecular complexity index is 323. The molecule has 0 aromatic heterocycles. The maximum absolute atomic E-state index is 12.8. The van der Waals surface area contributed by atoms with Gasteiger partial charge in [-0.1, -0.05) is 12.1 Å². The van der Waals surface area contributed by atoms with E-state index in [1.807, 2.05) is 20.8 Å². The number of rotatable bonds is 8. The summed E-state index contributed by atoms with van der Waals surface area (Å²) in [6.45, 7) is 7.77. The van der Waals surface area contributed by atoms with Gasteiger partial charge in [0.1, 0.15) is 5.82 Å². The largest absolute Gasteiger partial charge is 0.352 e. The molecular weight excluding hydrogens is 233 g/mol. The summed E-state index contributed by atoms with van der Waals surface area (Å²) in [5, 5.41) is 3.32. The number of ether oxygens (including phenoxy) is 2. The van der Waals surface area contributed by atoms with Crippen LogP contribution in [0.5, 0.6) is 0 Å². The number of halogens is 1. The van der Waals surface area contributed by atoms with E-state index in [1.54, 1.807) is 12.1 Å². The van der Waals surface area contributed by atoms with Crippen molar-refractivity contribution in [3.8, 4) is 0 Å². The van der Waals surface area contributed by atoms with Crippen LogP contribution in [-0.2, 0) is 9.47 Å². The Kier molecular flexibility index (Phi) is 6.86. The van der Waals surface area contributed by atoms with Gasteiger partial charge in [0.05, 0.1) is 0 Å². The van der Waals surface area contributed by atoms with Gasteiger partial charge in [-0.05, 0) is 38.5 Å². The molecule has 3 nitrogen and oxygen atoms in total. The van der Waals surface area contributed by atoms with Crippen molar-refractivity contribution in [2.24, 2.45) is 0 Å². The van der Waals surface area contributed by atoms with E-state index in [-0.39, 0.29) is 18.1 Å². The van der Waals surface area contributed by atoms with Crippen molar-refractivity contribution in [3.63, 3.8) is 0 Å². The topological polar surface area (TPSA) is 30.5 Å². The highest BCUT2D eigenvalue weighted by Gasteiger charge is 2.11. The average molecular weight is 255 g/mol. The van der Waals surface area contributed by atoms with Crippen LogP contribution in [0.25, 0.3) is 0 Å². The molecule has 1 N–H and O–H groups in total. The van der Waals surface area contributed by atoms with Crippen LogP contribution >= 0.6 is 0 Å². The standard InChI is InChI=1S/C14H22FNO2/c1-4-17-14(18-5-2)10-16-11(3)12-6-8-13(15)9-7-12/h6-9,11,14,16H,4-5,10H2,1-3H3. The smallest absolute Gasteiger partial charge is 0.169 e. The molecule has 0 aliphatic rings. The summed E-state index contributed by atoms with van der Waals surface area (Å²) in [4.78, 5) is 0. The van der Waals surface area contributed by atoms with Gasteiger partial charge in [-0.2, -0.15) is 0 Å². The minimum absolute atomic E-state index is 0.133. The van der Waals surface area contributed by atoms with E-state index in [1.165, 1.54) is 12.1 Å². The van der Waals surface area contributed by atoms with Gasteiger partial charge in [-0.3, -0.25) is 0 Å². The Morgan fingerprint density at radius 2 is 1.67 bits per heavy atom. The number of hydrogen-bond acceptors (Lipinski definition) is 3.